The van der Waals surface area contributed by atoms with Gasteiger partial charge in [0, 0.05) is 36.2 Å². The third kappa shape index (κ3) is 8.72. The molecule has 6 fully saturated rings. The molecule has 6 aliphatic rings. The number of carbonyl (C=O) groups is 3. The van der Waals surface area contributed by atoms with Gasteiger partial charge in [-0.1, -0.05) is 60.7 Å². The van der Waals surface area contributed by atoms with Crippen molar-refractivity contribution in [3.8, 4) is 0 Å². The summed E-state index contributed by atoms with van der Waals surface area (Å²) in [5, 5.41) is 9.78. The number of hydrogen-bond donors (Lipinski definition) is 1. The first-order chi connectivity index (χ1) is 23.6. The smallest absolute Gasteiger partial charge is 0.411 e. The van der Waals surface area contributed by atoms with Crippen molar-refractivity contribution in [1.29, 1.82) is 0 Å². The van der Waals surface area contributed by atoms with Gasteiger partial charge in [0.25, 0.3) is 0 Å². The maximum absolute atomic E-state index is 13.0. The zero-order valence-corrected chi connectivity index (χ0v) is 31.3. The van der Waals surface area contributed by atoms with Gasteiger partial charge in [-0.15, -0.1) is 0 Å². The molecular formula is C42H60N2O6. The predicted octanol–water partition coefficient (Wildman–Crippen LogP) is 9.22. The topological polar surface area (TPSA) is 96.4 Å². The van der Waals surface area contributed by atoms with E-state index in [1.54, 1.807) is 0 Å². The van der Waals surface area contributed by atoms with Crippen molar-refractivity contribution in [1.82, 2.24) is 9.80 Å². The Labute approximate surface area is 299 Å². The molecule has 0 unspecified atom stereocenters. The Morgan fingerprint density at radius 1 is 0.620 bits per heavy atom. The Balaban J connectivity index is 0.000000194. The molecule has 8 heteroatoms. The van der Waals surface area contributed by atoms with E-state index in [-0.39, 0.29) is 40.7 Å². The lowest BCUT2D eigenvalue weighted by molar-refractivity contribution is -0.127. The summed E-state index contributed by atoms with van der Waals surface area (Å²) in [7, 11) is 0. The van der Waals surface area contributed by atoms with Crippen molar-refractivity contribution in [3.63, 3.8) is 0 Å². The Bertz CT molecular complexity index is 1410. The van der Waals surface area contributed by atoms with Gasteiger partial charge in [0.2, 0.25) is 0 Å². The van der Waals surface area contributed by atoms with E-state index in [0.29, 0.717) is 13.1 Å². The highest BCUT2D eigenvalue weighted by molar-refractivity contribution is 5.70. The van der Waals surface area contributed by atoms with Crippen molar-refractivity contribution in [2.45, 2.75) is 154 Å². The van der Waals surface area contributed by atoms with E-state index in [1.165, 1.54) is 0 Å². The second-order valence-electron chi connectivity index (χ2n) is 17.7. The van der Waals surface area contributed by atoms with Crippen LogP contribution in [0.4, 0.5) is 9.59 Å². The number of nitrogens with zero attached hydrogens (tertiary/aromatic N) is 2. The molecule has 0 saturated heterocycles. The number of aldehydes is 1. The molecule has 6 aliphatic carbocycles. The minimum Gasteiger partial charge on any atom is -0.444 e. The molecule has 1 N–H and O–H groups in total. The van der Waals surface area contributed by atoms with Crippen LogP contribution in [0.25, 0.3) is 0 Å². The molecule has 8 nitrogen and oxygen atoms in total. The molecule has 0 atom stereocenters. The van der Waals surface area contributed by atoms with Crippen molar-refractivity contribution in [2.24, 2.45) is 10.8 Å². The highest BCUT2D eigenvalue weighted by atomic mass is 16.6. The molecule has 0 spiro atoms. The van der Waals surface area contributed by atoms with Crippen molar-refractivity contribution >= 4 is 18.5 Å². The number of aliphatic hydroxyl groups is 1. The van der Waals surface area contributed by atoms with Crippen LogP contribution in [0.3, 0.4) is 0 Å². The Morgan fingerprint density at radius 3 is 1.26 bits per heavy atom. The number of ether oxygens (including phenoxy) is 2. The molecule has 0 heterocycles. The Hall–Kier alpha value is -3.39. The third-order valence-electron chi connectivity index (χ3n) is 12.0. The SMILES string of the molecule is CC(C)(C)OC(=O)N(Cc1ccccc1)C12CCC(C=O)(CC1)CC2.CC(C)(C)OC(=O)N(Cc1ccccc1)C12CCC(CO)(CC1)CC2. The summed E-state index contributed by atoms with van der Waals surface area (Å²) in [5.74, 6) is 0. The van der Waals surface area contributed by atoms with Gasteiger partial charge < -0.3 is 19.4 Å². The molecule has 4 bridgehead atoms. The first-order valence-corrected chi connectivity index (χ1v) is 18.7. The number of carbonyl (C=O) groups excluding carboxylic acids is 3. The van der Waals surface area contributed by atoms with Gasteiger partial charge in [0.15, 0.2) is 0 Å². The van der Waals surface area contributed by atoms with Crippen LogP contribution in [0.2, 0.25) is 0 Å². The predicted molar refractivity (Wildman–Crippen MR) is 195 cm³/mol. The fraction of sp³-hybridized carbons (Fsp3) is 0.643. The lowest BCUT2D eigenvalue weighted by Gasteiger charge is -2.56. The van der Waals surface area contributed by atoms with Gasteiger partial charge in [0.1, 0.15) is 17.5 Å². The van der Waals surface area contributed by atoms with Crippen LogP contribution in [-0.4, -0.2) is 62.3 Å². The molecular weight excluding hydrogens is 628 g/mol. The van der Waals surface area contributed by atoms with Gasteiger partial charge in [-0.25, -0.2) is 9.59 Å². The largest absolute Gasteiger partial charge is 0.444 e. The summed E-state index contributed by atoms with van der Waals surface area (Å²) >= 11 is 0. The lowest BCUT2D eigenvalue weighted by atomic mass is 9.57. The number of benzene rings is 2. The Kier molecular flexibility index (Phi) is 11.1. The zero-order valence-electron chi connectivity index (χ0n) is 31.3. The summed E-state index contributed by atoms with van der Waals surface area (Å²) in [4.78, 5) is 41.5. The standard InChI is InChI=1S/C21H31NO3.C21H29NO3/c2*1-19(2,3)25-18(24)22(15-17-7-5-4-6-8-17)21-12-9-20(16-23,10-13-21)11-14-21/h4-8,23H,9-16H2,1-3H3;4-8,16H,9-15H2,1-3H3. The third-order valence-corrected chi connectivity index (χ3v) is 12.0. The average molecular weight is 689 g/mol. The van der Waals surface area contributed by atoms with Crippen LogP contribution in [0.5, 0.6) is 0 Å². The monoisotopic (exact) mass is 688 g/mol. The molecule has 0 aromatic heterocycles. The van der Waals surface area contributed by atoms with E-state index in [2.05, 4.69) is 24.3 Å². The molecule has 2 aromatic carbocycles. The Morgan fingerprint density at radius 2 is 0.960 bits per heavy atom. The summed E-state index contributed by atoms with van der Waals surface area (Å²) in [6.45, 7) is 12.9. The second kappa shape index (κ2) is 14.7. The number of fused-ring (bicyclic) bond motifs is 6. The minimum atomic E-state index is -0.515. The summed E-state index contributed by atoms with van der Waals surface area (Å²) in [6, 6.07) is 20.2. The summed E-state index contributed by atoms with van der Waals surface area (Å²) in [6.07, 6.45) is 11.9. The summed E-state index contributed by atoms with van der Waals surface area (Å²) in [5.41, 5.74) is 0.868. The zero-order chi connectivity index (χ0) is 36.3. The fourth-order valence-corrected chi connectivity index (χ4v) is 8.68. The molecule has 2 aromatic rings. The molecule has 0 radical (unpaired) electrons. The van der Waals surface area contributed by atoms with Gasteiger partial charge >= 0.3 is 12.2 Å². The van der Waals surface area contributed by atoms with E-state index in [9.17, 15) is 19.5 Å². The van der Waals surface area contributed by atoms with E-state index >= 15 is 0 Å². The molecule has 50 heavy (non-hydrogen) atoms. The highest BCUT2D eigenvalue weighted by Crippen LogP contribution is 2.55. The van der Waals surface area contributed by atoms with Gasteiger partial charge in [0.05, 0.1) is 0 Å². The van der Waals surface area contributed by atoms with Crippen LogP contribution < -0.4 is 0 Å². The van der Waals surface area contributed by atoms with Crippen LogP contribution >= 0.6 is 0 Å². The number of hydrogen-bond acceptors (Lipinski definition) is 6. The van der Waals surface area contributed by atoms with E-state index in [0.717, 1.165) is 94.5 Å². The van der Waals surface area contributed by atoms with Crippen LogP contribution in [0.15, 0.2) is 60.7 Å². The maximum atomic E-state index is 13.0. The van der Waals surface area contributed by atoms with E-state index in [1.807, 2.05) is 87.7 Å². The summed E-state index contributed by atoms with van der Waals surface area (Å²) < 4.78 is 11.5. The quantitative estimate of drug-likeness (QED) is 0.278. The van der Waals surface area contributed by atoms with Crippen LogP contribution in [0.1, 0.15) is 130 Å². The number of amides is 2. The van der Waals surface area contributed by atoms with Crippen molar-refractivity contribution in [2.75, 3.05) is 6.61 Å². The van der Waals surface area contributed by atoms with Gasteiger partial charge in [-0.05, 0) is 135 Å². The fourth-order valence-electron chi connectivity index (χ4n) is 8.68. The normalized spacial score (nSPS) is 28.5. The van der Waals surface area contributed by atoms with Crippen LogP contribution in [-0.2, 0) is 27.4 Å². The lowest BCUT2D eigenvalue weighted by Crippen LogP contribution is -2.59. The first kappa shape index (κ1) is 37.9. The molecule has 274 valence electrons. The molecule has 6 saturated carbocycles. The average Bonchev–Trinajstić information content (AvgIpc) is 3.11. The number of aliphatic hydroxyl groups excluding tert-OH is 1. The van der Waals surface area contributed by atoms with Crippen molar-refractivity contribution in [3.05, 3.63) is 71.8 Å². The molecule has 2 amide bonds. The minimum absolute atomic E-state index is 0.0914. The second-order valence-corrected chi connectivity index (χ2v) is 17.7. The van der Waals surface area contributed by atoms with E-state index < -0.39 is 11.2 Å². The number of rotatable bonds is 8. The first-order valence-electron chi connectivity index (χ1n) is 18.7. The van der Waals surface area contributed by atoms with Crippen LogP contribution in [0, 0.1) is 10.8 Å². The van der Waals surface area contributed by atoms with Crippen molar-refractivity contribution < 1.29 is 29.0 Å². The molecule has 8 rings (SSSR count). The van der Waals surface area contributed by atoms with E-state index in [4.69, 9.17) is 9.47 Å². The molecule has 0 aliphatic heterocycles. The van der Waals surface area contributed by atoms with Gasteiger partial charge in [-0.2, -0.15) is 0 Å². The maximum Gasteiger partial charge on any atom is 0.411 e. The highest BCUT2D eigenvalue weighted by Gasteiger charge is 2.54. The van der Waals surface area contributed by atoms with Gasteiger partial charge in [-0.3, -0.25) is 9.80 Å².